The topological polar surface area (TPSA) is 122 Å². The molecule has 1 aromatic rings. The Morgan fingerprint density at radius 3 is 2.88 bits per heavy atom. The van der Waals surface area contributed by atoms with Crippen LogP contribution in [-0.2, 0) is 14.8 Å². The summed E-state index contributed by atoms with van der Waals surface area (Å²) >= 11 is 0. The normalized spacial score (nSPS) is 24.6. The highest BCUT2D eigenvalue weighted by atomic mass is 32.2. The molecule has 3 atom stereocenters. The molecule has 9 heteroatoms. The highest BCUT2D eigenvalue weighted by molar-refractivity contribution is 7.89. The van der Waals surface area contributed by atoms with Crippen LogP contribution >= 0.6 is 0 Å². The van der Waals surface area contributed by atoms with Gasteiger partial charge in [-0.2, -0.15) is 0 Å². The van der Waals surface area contributed by atoms with Crippen LogP contribution in [0.5, 0.6) is 11.5 Å². The van der Waals surface area contributed by atoms with E-state index >= 15 is 0 Å². The van der Waals surface area contributed by atoms with E-state index in [1.807, 2.05) is 6.07 Å². The van der Waals surface area contributed by atoms with Crippen LogP contribution in [0.15, 0.2) is 18.2 Å². The van der Waals surface area contributed by atoms with E-state index < -0.39 is 27.7 Å². The number of aliphatic hydroxyl groups is 1. The fourth-order valence-electron chi connectivity index (χ4n) is 3.16. The summed E-state index contributed by atoms with van der Waals surface area (Å²) in [6.07, 6.45) is 2.92. The van der Waals surface area contributed by atoms with Crippen LogP contribution in [0.3, 0.4) is 0 Å². The summed E-state index contributed by atoms with van der Waals surface area (Å²) in [7, 11) is -4.02. The minimum absolute atomic E-state index is 0.00870. The molecule has 1 heterocycles. The van der Waals surface area contributed by atoms with Crippen molar-refractivity contribution in [1.82, 2.24) is 4.72 Å². The molecule has 0 saturated heterocycles. The Bertz CT molecular complexity index is 763. The quantitative estimate of drug-likeness (QED) is 0.643. The predicted octanol–water partition coefficient (Wildman–Crippen LogP) is 0.764. The number of benzene rings is 1. The molecule has 0 bridgehead atoms. The third-order valence-corrected chi connectivity index (χ3v) is 5.70. The molecule has 2 aliphatic rings. The molecule has 1 aromatic carbocycles. The van der Waals surface area contributed by atoms with Crippen molar-refractivity contribution in [2.75, 3.05) is 5.75 Å². The zero-order valence-corrected chi connectivity index (χ0v) is 13.9. The molecule has 132 valence electrons. The monoisotopic (exact) mass is 357 g/mol. The molecular formula is C15H19NO7S. The van der Waals surface area contributed by atoms with Gasteiger partial charge >= 0.3 is 11.9 Å². The standard InChI is InChI=1S/C15H19NO7S/c1-2-24(20,21)16-15(19,14(17)18)23-12-8-4-6-10-9-5-3-7-11(9)22-13(10)12/h4,6,8-9,11,16,19H,2-3,5,7H2,1H3,(H,17,18). The Kier molecular flexibility index (Phi) is 4.18. The first-order valence-electron chi connectivity index (χ1n) is 7.72. The van der Waals surface area contributed by atoms with E-state index in [0.29, 0.717) is 5.75 Å². The van der Waals surface area contributed by atoms with E-state index in [0.717, 1.165) is 24.8 Å². The second kappa shape index (κ2) is 5.91. The summed E-state index contributed by atoms with van der Waals surface area (Å²) in [5.41, 5.74) is 0.890. The predicted molar refractivity (Wildman–Crippen MR) is 83.3 cm³/mol. The van der Waals surface area contributed by atoms with Crippen molar-refractivity contribution in [2.24, 2.45) is 0 Å². The number of fused-ring (bicyclic) bond motifs is 3. The summed E-state index contributed by atoms with van der Waals surface area (Å²) in [4.78, 5) is 11.4. The minimum Gasteiger partial charge on any atom is -0.486 e. The average Bonchev–Trinajstić information content (AvgIpc) is 3.08. The van der Waals surface area contributed by atoms with Gasteiger partial charge in [0.15, 0.2) is 11.5 Å². The second-order valence-electron chi connectivity index (χ2n) is 5.92. The van der Waals surface area contributed by atoms with Gasteiger partial charge in [0, 0.05) is 11.5 Å². The summed E-state index contributed by atoms with van der Waals surface area (Å²) in [6.45, 7) is 1.31. The number of nitrogens with one attached hydrogen (secondary N) is 1. The van der Waals surface area contributed by atoms with Crippen LogP contribution in [0, 0.1) is 0 Å². The molecule has 1 fully saturated rings. The minimum atomic E-state index is -4.02. The van der Waals surface area contributed by atoms with Crippen molar-refractivity contribution >= 4 is 16.0 Å². The average molecular weight is 357 g/mol. The summed E-state index contributed by atoms with van der Waals surface area (Å²) < 4.78 is 36.0. The van der Waals surface area contributed by atoms with Gasteiger partial charge in [-0.05, 0) is 32.3 Å². The highest BCUT2D eigenvalue weighted by Gasteiger charge is 2.46. The molecule has 8 nitrogen and oxygen atoms in total. The second-order valence-corrected chi connectivity index (χ2v) is 7.94. The molecule has 0 amide bonds. The number of rotatable bonds is 6. The first-order valence-corrected chi connectivity index (χ1v) is 9.37. The Morgan fingerprint density at radius 2 is 2.21 bits per heavy atom. The van der Waals surface area contributed by atoms with Crippen molar-refractivity contribution in [3.8, 4) is 11.5 Å². The van der Waals surface area contributed by atoms with Crippen LogP contribution in [0.4, 0.5) is 0 Å². The molecule has 0 radical (unpaired) electrons. The third kappa shape index (κ3) is 2.94. The fraction of sp³-hybridized carbons (Fsp3) is 0.533. The molecule has 24 heavy (non-hydrogen) atoms. The third-order valence-electron chi connectivity index (χ3n) is 4.35. The molecule has 1 aliphatic carbocycles. The zero-order valence-electron chi connectivity index (χ0n) is 13.1. The fourth-order valence-corrected chi connectivity index (χ4v) is 3.85. The van der Waals surface area contributed by atoms with Crippen molar-refractivity contribution in [3.05, 3.63) is 23.8 Å². The van der Waals surface area contributed by atoms with Crippen molar-refractivity contribution in [2.45, 2.75) is 44.1 Å². The largest absolute Gasteiger partial charge is 0.486 e. The van der Waals surface area contributed by atoms with Crippen LogP contribution in [0.2, 0.25) is 0 Å². The van der Waals surface area contributed by atoms with Gasteiger partial charge in [0.25, 0.3) is 0 Å². The number of aliphatic carboxylic acids is 1. The van der Waals surface area contributed by atoms with Gasteiger partial charge in [-0.1, -0.05) is 12.1 Å². The lowest BCUT2D eigenvalue weighted by Crippen LogP contribution is -2.59. The van der Waals surface area contributed by atoms with Crippen molar-refractivity contribution < 1.29 is 32.9 Å². The van der Waals surface area contributed by atoms with Gasteiger partial charge in [-0.3, -0.25) is 0 Å². The number of carboxylic acids is 1. The van der Waals surface area contributed by atoms with Gasteiger partial charge in [0.2, 0.25) is 10.0 Å². The Hall–Kier alpha value is -1.84. The number of carbonyl (C=O) groups is 1. The number of hydrogen-bond acceptors (Lipinski definition) is 6. The van der Waals surface area contributed by atoms with E-state index in [2.05, 4.69) is 0 Å². The Morgan fingerprint density at radius 1 is 1.46 bits per heavy atom. The number of ether oxygens (including phenoxy) is 2. The molecule has 1 saturated carbocycles. The van der Waals surface area contributed by atoms with Crippen molar-refractivity contribution in [3.63, 3.8) is 0 Å². The number of hydrogen-bond donors (Lipinski definition) is 3. The first kappa shape index (κ1) is 17.0. The van der Waals surface area contributed by atoms with E-state index in [1.54, 1.807) is 10.8 Å². The van der Waals surface area contributed by atoms with Crippen LogP contribution in [0.1, 0.15) is 37.7 Å². The van der Waals surface area contributed by atoms with Crippen LogP contribution < -0.4 is 14.2 Å². The maximum atomic E-state index is 11.7. The zero-order chi connectivity index (χ0) is 17.5. The molecule has 3 N–H and O–H groups in total. The van der Waals surface area contributed by atoms with E-state index in [4.69, 9.17) is 9.47 Å². The Labute approximate surface area is 139 Å². The maximum absolute atomic E-state index is 11.7. The molecule has 0 aromatic heterocycles. The first-order chi connectivity index (χ1) is 11.3. The molecule has 3 rings (SSSR count). The van der Waals surface area contributed by atoms with Gasteiger partial charge in [0.1, 0.15) is 6.10 Å². The van der Waals surface area contributed by atoms with Crippen molar-refractivity contribution in [1.29, 1.82) is 0 Å². The molecule has 1 aliphatic heterocycles. The lowest BCUT2D eigenvalue weighted by atomic mass is 9.97. The van der Waals surface area contributed by atoms with Gasteiger partial charge in [0.05, 0.1) is 5.75 Å². The van der Waals surface area contributed by atoms with E-state index in [9.17, 15) is 23.4 Å². The van der Waals surface area contributed by atoms with Gasteiger partial charge in [-0.15, -0.1) is 4.72 Å². The Balaban J connectivity index is 1.92. The number of carboxylic acid groups (broad SMARTS) is 1. The summed E-state index contributed by atoms with van der Waals surface area (Å²) in [5.74, 6) is -4.80. The van der Waals surface area contributed by atoms with Crippen LogP contribution in [-0.4, -0.2) is 42.4 Å². The lowest BCUT2D eigenvalue weighted by molar-refractivity contribution is -0.197. The molecular weight excluding hydrogens is 338 g/mol. The van der Waals surface area contributed by atoms with Crippen LogP contribution in [0.25, 0.3) is 0 Å². The SMILES string of the molecule is CCS(=O)(=O)NC(O)(Oc1cccc2c1OC1CCCC21)C(=O)O. The summed E-state index contributed by atoms with van der Waals surface area (Å²) in [6, 6.07) is 4.97. The van der Waals surface area contributed by atoms with E-state index in [1.165, 1.54) is 13.0 Å². The number of sulfonamides is 1. The molecule has 0 spiro atoms. The maximum Gasteiger partial charge on any atom is 0.395 e. The van der Waals surface area contributed by atoms with Gasteiger partial charge in [-0.25, -0.2) is 13.2 Å². The summed E-state index contributed by atoms with van der Waals surface area (Å²) in [5, 5.41) is 19.4. The highest BCUT2D eigenvalue weighted by Crippen LogP contribution is 2.50. The van der Waals surface area contributed by atoms with Gasteiger partial charge < -0.3 is 19.7 Å². The van der Waals surface area contributed by atoms with E-state index in [-0.39, 0.29) is 17.8 Å². The lowest BCUT2D eigenvalue weighted by Gasteiger charge is -2.25. The smallest absolute Gasteiger partial charge is 0.395 e. The molecule has 3 unspecified atom stereocenters. The number of para-hydroxylation sites is 1.